The van der Waals surface area contributed by atoms with Gasteiger partial charge in [-0.1, -0.05) is 13.0 Å². The first-order valence-corrected chi connectivity index (χ1v) is 7.01. The Morgan fingerprint density at radius 2 is 1.95 bits per heavy atom. The maximum absolute atomic E-state index is 5.90. The Kier molecular flexibility index (Phi) is 4.50. The summed E-state index contributed by atoms with van der Waals surface area (Å²) in [7, 11) is 3.66. The molecule has 3 nitrogen and oxygen atoms in total. The monoisotopic (exact) mass is 273 g/mol. The molecule has 0 bridgehead atoms. The summed E-state index contributed by atoms with van der Waals surface area (Å²) in [5.41, 5.74) is 3.56. The Bertz CT molecular complexity index is 587. The van der Waals surface area contributed by atoms with Crippen molar-refractivity contribution in [1.29, 1.82) is 0 Å². The third kappa shape index (κ3) is 2.73. The zero-order valence-corrected chi connectivity index (χ0v) is 12.9. The van der Waals surface area contributed by atoms with Gasteiger partial charge in [0, 0.05) is 6.42 Å². The SMILES string of the molecule is CCc1ccc(C(NC)c2cc(C)c(OC)cc2C)o1. The molecule has 20 heavy (non-hydrogen) atoms. The van der Waals surface area contributed by atoms with Gasteiger partial charge in [0.25, 0.3) is 0 Å². The van der Waals surface area contributed by atoms with E-state index in [9.17, 15) is 0 Å². The summed E-state index contributed by atoms with van der Waals surface area (Å²) in [5, 5.41) is 3.34. The number of benzene rings is 1. The molecular weight excluding hydrogens is 250 g/mol. The van der Waals surface area contributed by atoms with Gasteiger partial charge >= 0.3 is 0 Å². The zero-order chi connectivity index (χ0) is 14.7. The van der Waals surface area contributed by atoms with Crippen LogP contribution in [0.1, 0.15) is 41.2 Å². The maximum atomic E-state index is 5.90. The van der Waals surface area contributed by atoms with Gasteiger partial charge in [0.1, 0.15) is 17.3 Å². The van der Waals surface area contributed by atoms with E-state index in [4.69, 9.17) is 9.15 Å². The summed E-state index contributed by atoms with van der Waals surface area (Å²) in [4.78, 5) is 0. The molecule has 1 aromatic heterocycles. The largest absolute Gasteiger partial charge is 0.496 e. The second kappa shape index (κ2) is 6.14. The normalized spacial score (nSPS) is 12.4. The average molecular weight is 273 g/mol. The standard InChI is InChI=1S/C17H23NO2/c1-6-13-7-8-15(20-13)17(18-4)14-9-12(3)16(19-5)10-11(14)2/h7-10,17-18H,6H2,1-5H3. The minimum Gasteiger partial charge on any atom is -0.496 e. The number of hydrogen-bond acceptors (Lipinski definition) is 3. The van der Waals surface area contributed by atoms with Crippen LogP contribution in [-0.2, 0) is 6.42 Å². The molecule has 0 spiro atoms. The van der Waals surface area contributed by atoms with Crippen LogP contribution < -0.4 is 10.1 Å². The molecule has 0 aliphatic rings. The van der Waals surface area contributed by atoms with Crippen LogP contribution in [0.2, 0.25) is 0 Å². The predicted molar refractivity (Wildman–Crippen MR) is 81.5 cm³/mol. The second-order valence-corrected chi connectivity index (χ2v) is 5.06. The van der Waals surface area contributed by atoms with Crippen molar-refractivity contribution >= 4 is 0 Å². The van der Waals surface area contributed by atoms with Crippen molar-refractivity contribution in [3.63, 3.8) is 0 Å². The highest BCUT2D eigenvalue weighted by molar-refractivity contribution is 5.44. The van der Waals surface area contributed by atoms with Gasteiger partial charge in [-0.05, 0) is 55.8 Å². The van der Waals surface area contributed by atoms with Gasteiger partial charge in [0.2, 0.25) is 0 Å². The number of nitrogens with one attached hydrogen (secondary N) is 1. The molecule has 0 fully saturated rings. The lowest BCUT2D eigenvalue weighted by Gasteiger charge is -2.19. The summed E-state index contributed by atoms with van der Waals surface area (Å²) in [5.74, 6) is 2.90. The fraction of sp³-hybridized carbons (Fsp3) is 0.412. The Balaban J connectivity index is 2.43. The third-order valence-electron chi connectivity index (χ3n) is 3.70. The molecule has 2 rings (SSSR count). The Hall–Kier alpha value is -1.74. The van der Waals surface area contributed by atoms with Crippen molar-refractivity contribution in [3.05, 3.63) is 52.5 Å². The molecule has 0 amide bonds. The van der Waals surface area contributed by atoms with Crippen LogP contribution in [0.5, 0.6) is 5.75 Å². The Morgan fingerprint density at radius 3 is 2.50 bits per heavy atom. The lowest BCUT2D eigenvalue weighted by molar-refractivity contribution is 0.409. The number of methoxy groups -OCH3 is 1. The summed E-state index contributed by atoms with van der Waals surface area (Å²) in [6, 6.07) is 8.42. The average Bonchev–Trinajstić information content (AvgIpc) is 2.91. The fourth-order valence-electron chi connectivity index (χ4n) is 2.53. The number of furan rings is 1. The Labute approximate surface area is 121 Å². The van der Waals surface area contributed by atoms with Gasteiger partial charge in [-0.3, -0.25) is 0 Å². The summed E-state index contributed by atoms with van der Waals surface area (Å²) in [6.07, 6.45) is 0.914. The second-order valence-electron chi connectivity index (χ2n) is 5.06. The summed E-state index contributed by atoms with van der Waals surface area (Å²) < 4.78 is 11.3. The van der Waals surface area contributed by atoms with E-state index in [1.54, 1.807) is 7.11 Å². The number of ether oxygens (including phenoxy) is 1. The molecule has 0 aliphatic carbocycles. The summed E-state index contributed by atoms with van der Waals surface area (Å²) >= 11 is 0. The molecule has 2 aromatic rings. The maximum Gasteiger partial charge on any atom is 0.125 e. The molecule has 0 radical (unpaired) electrons. The predicted octanol–water partition coefficient (Wildman–Crippen LogP) is 3.78. The highest BCUT2D eigenvalue weighted by atomic mass is 16.5. The van der Waals surface area contributed by atoms with Crippen molar-refractivity contribution in [1.82, 2.24) is 5.32 Å². The molecular formula is C17H23NO2. The number of hydrogen-bond donors (Lipinski definition) is 1. The quantitative estimate of drug-likeness (QED) is 0.900. The van der Waals surface area contributed by atoms with E-state index < -0.39 is 0 Å². The van der Waals surface area contributed by atoms with Crippen molar-refractivity contribution in [3.8, 4) is 5.75 Å². The van der Waals surface area contributed by atoms with Gasteiger partial charge < -0.3 is 14.5 Å². The Morgan fingerprint density at radius 1 is 1.20 bits per heavy atom. The van der Waals surface area contributed by atoms with Crippen LogP contribution in [0, 0.1) is 13.8 Å². The smallest absolute Gasteiger partial charge is 0.125 e. The third-order valence-corrected chi connectivity index (χ3v) is 3.70. The summed E-state index contributed by atoms with van der Waals surface area (Å²) in [6.45, 7) is 6.26. The lowest BCUT2D eigenvalue weighted by Crippen LogP contribution is -2.18. The minimum atomic E-state index is 0.0694. The minimum absolute atomic E-state index is 0.0694. The van der Waals surface area contributed by atoms with Crippen molar-refractivity contribution < 1.29 is 9.15 Å². The van der Waals surface area contributed by atoms with Gasteiger partial charge in [-0.25, -0.2) is 0 Å². The van der Waals surface area contributed by atoms with E-state index in [0.29, 0.717) is 0 Å². The molecule has 0 saturated heterocycles. The van der Waals surface area contributed by atoms with Crippen LogP contribution in [0.25, 0.3) is 0 Å². The topological polar surface area (TPSA) is 34.4 Å². The molecule has 108 valence electrons. The van der Waals surface area contributed by atoms with Gasteiger partial charge in [-0.2, -0.15) is 0 Å². The molecule has 1 unspecified atom stereocenters. The van der Waals surface area contributed by atoms with Crippen LogP contribution in [-0.4, -0.2) is 14.2 Å². The molecule has 1 atom stereocenters. The highest BCUT2D eigenvalue weighted by Crippen LogP contribution is 2.31. The zero-order valence-electron chi connectivity index (χ0n) is 12.9. The van der Waals surface area contributed by atoms with Crippen LogP contribution in [0.3, 0.4) is 0 Å². The molecule has 0 saturated carbocycles. The first-order valence-electron chi connectivity index (χ1n) is 7.01. The van der Waals surface area contributed by atoms with Crippen LogP contribution in [0.4, 0.5) is 0 Å². The van der Waals surface area contributed by atoms with Gasteiger partial charge in [0.05, 0.1) is 13.2 Å². The van der Waals surface area contributed by atoms with Gasteiger partial charge in [0.15, 0.2) is 0 Å². The van der Waals surface area contributed by atoms with E-state index in [0.717, 1.165) is 29.3 Å². The molecule has 1 N–H and O–H groups in total. The number of aryl methyl sites for hydroxylation is 3. The van der Waals surface area contributed by atoms with Crippen LogP contribution >= 0.6 is 0 Å². The fourth-order valence-corrected chi connectivity index (χ4v) is 2.53. The van der Waals surface area contributed by atoms with E-state index in [2.05, 4.69) is 44.3 Å². The first kappa shape index (κ1) is 14.7. The van der Waals surface area contributed by atoms with E-state index in [-0.39, 0.29) is 6.04 Å². The molecule has 1 heterocycles. The number of rotatable bonds is 5. The van der Waals surface area contributed by atoms with Gasteiger partial charge in [-0.15, -0.1) is 0 Å². The molecule has 1 aromatic carbocycles. The lowest BCUT2D eigenvalue weighted by atomic mass is 9.96. The highest BCUT2D eigenvalue weighted by Gasteiger charge is 2.19. The van der Waals surface area contributed by atoms with Crippen molar-refractivity contribution in [2.24, 2.45) is 0 Å². The van der Waals surface area contributed by atoms with E-state index in [1.165, 1.54) is 11.1 Å². The molecule has 3 heteroatoms. The first-order chi connectivity index (χ1) is 9.60. The van der Waals surface area contributed by atoms with Crippen LogP contribution in [0.15, 0.2) is 28.7 Å². The van der Waals surface area contributed by atoms with Crippen molar-refractivity contribution in [2.75, 3.05) is 14.2 Å². The molecule has 0 aliphatic heterocycles. The van der Waals surface area contributed by atoms with E-state index >= 15 is 0 Å². The van der Waals surface area contributed by atoms with Crippen molar-refractivity contribution in [2.45, 2.75) is 33.2 Å². The van der Waals surface area contributed by atoms with E-state index in [1.807, 2.05) is 13.1 Å².